The summed E-state index contributed by atoms with van der Waals surface area (Å²) < 4.78 is 0. The zero-order valence-corrected chi connectivity index (χ0v) is 13.3. The van der Waals surface area contributed by atoms with Gasteiger partial charge in [-0.1, -0.05) is 50.6 Å². The Labute approximate surface area is 127 Å². The molecule has 1 heteroatoms. The van der Waals surface area contributed by atoms with Crippen molar-refractivity contribution in [2.75, 3.05) is 0 Å². The molecule has 0 aliphatic heterocycles. The van der Waals surface area contributed by atoms with Crippen LogP contribution in [-0.2, 0) is 22.0 Å². The van der Waals surface area contributed by atoms with E-state index in [0.29, 0.717) is 11.7 Å². The maximum Gasteiger partial charge on any atom is 0.144 e. The Kier molecular flexibility index (Phi) is 2.59. The fourth-order valence-corrected chi connectivity index (χ4v) is 4.78. The SMILES string of the molecule is CC(C)(C)c1ccc2c(c1)CCC(=O)C21CC2=CCC1C2. The second kappa shape index (κ2) is 4.09. The van der Waals surface area contributed by atoms with Crippen LogP contribution in [-0.4, -0.2) is 5.78 Å². The molecule has 4 rings (SSSR count). The number of hydrogen-bond acceptors (Lipinski definition) is 1. The number of fused-ring (bicyclic) bond motifs is 5. The van der Waals surface area contributed by atoms with Gasteiger partial charge in [0, 0.05) is 6.42 Å². The summed E-state index contributed by atoms with van der Waals surface area (Å²) in [5, 5.41) is 0. The molecular weight excluding hydrogens is 256 g/mol. The van der Waals surface area contributed by atoms with E-state index in [2.05, 4.69) is 45.0 Å². The predicted molar refractivity (Wildman–Crippen MR) is 85.6 cm³/mol. The molecule has 0 aromatic heterocycles. The van der Waals surface area contributed by atoms with E-state index in [-0.39, 0.29) is 10.8 Å². The van der Waals surface area contributed by atoms with Gasteiger partial charge in [0.25, 0.3) is 0 Å². The van der Waals surface area contributed by atoms with Gasteiger partial charge in [-0.3, -0.25) is 4.79 Å². The first-order chi connectivity index (χ1) is 9.91. The zero-order valence-electron chi connectivity index (χ0n) is 13.3. The Morgan fingerprint density at radius 2 is 2.00 bits per heavy atom. The van der Waals surface area contributed by atoms with E-state index in [1.165, 1.54) is 22.3 Å². The number of benzene rings is 1. The van der Waals surface area contributed by atoms with Gasteiger partial charge >= 0.3 is 0 Å². The van der Waals surface area contributed by atoms with E-state index < -0.39 is 0 Å². The van der Waals surface area contributed by atoms with Gasteiger partial charge in [0.05, 0.1) is 5.41 Å². The Hall–Kier alpha value is -1.37. The highest BCUT2D eigenvalue weighted by atomic mass is 16.1. The molecular formula is C20H24O. The Bertz CT molecular complexity index is 659. The summed E-state index contributed by atoms with van der Waals surface area (Å²) >= 11 is 0. The van der Waals surface area contributed by atoms with Crippen LogP contribution in [0, 0.1) is 5.92 Å². The molecule has 21 heavy (non-hydrogen) atoms. The lowest BCUT2D eigenvalue weighted by atomic mass is 9.61. The summed E-state index contributed by atoms with van der Waals surface area (Å²) in [4.78, 5) is 12.8. The number of Topliss-reactive ketones (excluding diaryl/α,β-unsaturated/α-hetero) is 1. The highest BCUT2D eigenvalue weighted by Crippen LogP contribution is 2.57. The molecule has 0 heterocycles. The van der Waals surface area contributed by atoms with E-state index >= 15 is 0 Å². The number of carbonyl (C=O) groups excluding carboxylic acids is 1. The first kappa shape index (κ1) is 13.3. The minimum Gasteiger partial charge on any atom is -0.299 e. The van der Waals surface area contributed by atoms with E-state index in [1.54, 1.807) is 0 Å². The molecule has 1 aromatic rings. The van der Waals surface area contributed by atoms with Crippen molar-refractivity contribution in [3.8, 4) is 0 Å². The van der Waals surface area contributed by atoms with Gasteiger partial charge in [-0.2, -0.15) is 0 Å². The van der Waals surface area contributed by atoms with Crippen molar-refractivity contribution in [3.63, 3.8) is 0 Å². The van der Waals surface area contributed by atoms with Gasteiger partial charge in [-0.15, -0.1) is 0 Å². The number of allylic oxidation sites excluding steroid dienone is 2. The predicted octanol–water partition coefficient (Wildman–Crippen LogP) is 4.48. The van der Waals surface area contributed by atoms with E-state index in [0.717, 1.165) is 32.1 Å². The van der Waals surface area contributed by atoms with Crippen LogP contribution in [0.2, 0.25) is 0 Å². The van der Waals surface area contributed by atoms with Crippen molar-refractivity contribution >= 4 is 5.78 Å². The van der Waals surface area contributed by atoms with Crippen molar-refractivity contribution in [2.24, 2.45) is 5.92 Å². The minimum atomic E-state index is -0.159. The third-order valence-electron chi connectivity index (χ3n) is 5.97. The van der Waals surface area contributed by atoms with Gasteiger partial charge in [0.15, 0.2) is 0 Å². The summed E-state index contributed by atoms with van der Waals surface area (Å²) in [5.41, 5.74) is 5.75. The van der Waals surface area contributed by atoms with E-state index in [1.807, 2.05) is 0 Å². The zero-order chi connectivity index (χ0) is 14.8. The number of carbonyl (C=O) groups is 1. The average molecular weight is 280 g/mol. The first-order valence-corrected chi connectivity index (χ1v) is 8.26. The van der Waals surface area contributed by atoms with Crippen molar-refractivity contribution in [1.82, 2.24) is 0 Å². The molecule has 3 aliphatic rings. The number of hydrogen-bond donors (Lipinski definition) is 0. The number of rotatable bonds is 0. The lowest BCUT2D eigenvalue weighted by Crippen LogP contribution is -2.43. The highest BCUT2D eigenvalue weighted by Gasteiger charge is 2.54. The molecule has 1 spiro atoms. The monoisotopic (exact) mass is 280 g/mol. The second-order valence-electron chi connectivity index (χ2n) is 8.19. The fourth-order valence-electron chi connectivity index (χ4n) is 4.78. The molecule has 0 N–H and O–H groups in total. The van der Waals surface area contributed by atoms with E-state index in [4.69, 9.17) is 0 Å². The molecule has 2 atom stereocenters. The molecule has 1 aromatic carbocycles. The van der Waals surface area contributed by atoms with Gasteiger partial charge in [-0.05, 0) is 53.7 Å². The molecule has 1 fully saturated rings. The molecule has 0 amide bonds. The van der Waals surface area contributed by atoms with Gasteiger partial charge in [0.2, 0.25) is 0 Å². The Morgan fingerprint density at radius 1 is 1.19 bits per heavy atom. The number of ketones is 1. The summed E-state index contributed by atoms with van der Waals surface area (Å²) in [6.07, 6.45) is 7.32. The standard InChI is InChI=1S/C20H24O/c1-19(2,3)15-7-8-17-14(11-15)5-9-18(21)20(17)12-13-4-6-16(20)10-13/h4,7-8,11,16H,5-6,9-10,12H2,1-3H3. The lowest BCUT2D eigenvalue weighted by Gasteiger charge is -2.40. The van der Waals surface area contributed by atoms with Crippen LogP contribution in [0.4, 0.5) is 0 Å². The molecule has 110 valence electrons. The van der Waals surface area contributed by atoms with Crippen LogP contribution in [0.1, 0.15) is 63.1 Å². The molecule has 1 nitrogen and oxygen atoms in total. The normalized spacial score (nSPS) is 30.7. The Balaban J connectivity index is 1.87. The largest absolute Gasteiger partial charge is 0.299 e. The lowest BCUT2D eigenvalue weighted by molar-refractivity contribution is -0.126. The Morgan fingerprint density at radius 3 is 2.62 bits per heavy atom. The molecule has 0 radical (unpaired) electrons. The highest BCUT2D eigenvalue weighted by molar-refractivity contribution is 5.94. The fraction of sp³-hybridized carbons (Fsp3) is 0.550. The molecule has 2 unspecified atom stereocenters. The maximum atomic E-state index is 12.8. The van der Waals surface area contributed by atoms with Crippen LogP contribution in [0.15, 0.2) is 29.8 Å². The summed E-state index contributed by atoms with van der Waals surface area (Å²) in [5.74, 6) is 1.05. The van der Waals surface area contributed by atoms with Crippen molar-refractivity contribution < 1.29 is 4.79 Å². The summed E-state index contributed by atoms with van der Waals surface area (Å²) in [6.45, 7) is 6.79. The van der Waals surface area contributed by atoms with Crippen molar-refractivity contribution in [1.29, 1.82) is 0 Å². The van der Waals surface area contributed by atoms with Gasteiger partial charge < -0.3 is 0 Å². The van der Waals surface area contributed by atoms with Crippen LogP contribution in [0.5, 0.6) is 0 Å². The molecule has 1 saturated carbocycles. The minimum absolute atomic E-state index is 0.159. The van der Waals surface area contributed by atoms with Gasteiger partial charge in [-0.25, -0.2) is 0 Å². The second-order valence-corrected chi connectivity index (χ2v) is 8.19. The number of aryl methyl sites for hydroxylation is 1. The van der Waals surface area contributed by atoms with Crippen LogP contribution < -0.4 is 0 Å². The molecule has 3 aliphatic carbocycles. The molecule has 2 bridgehead atoms. The quantitative estimate of drug-likeness (QED) is 0.640. The van der Waals surface area contributed by atoms with Gasteiger partial charge in [0.1, 0.15) is 5.78 Å². The first-order valence-electron chi connectivity index (χ1n) is 8.26. The van der Waals surface area contributed by atoms with Crippen molar-refractivity contribution in [3.05, 3.63) is 46.5 Å². The average Bonchev–Trinajstić information content (AvgIpc) is 3.03. The van der Waals surface area contributed by atoms with Crippen LogP contribution in [0.25, 0.3) is 0 Å². The topological polar surface area (TPSA) is 17.1 Å². The third-order valence-corrected chi connectivity index (χ3v) is 5.97. The molecule has 0 saturated heterocycles. The van der Waals surface area contributed by atoms with Crippen LogP contribution in [0.3, 0.4) is 0 Å². The van der Waals surface area contributed by atoms with Crippen LogP contribution >= 0.6 is 0 Å². The van der Waals surface area contributed by atoms with E-state index in [9.17, 15) is 4.79 Å². The summed E-state index contributed by atoms with van der Waals surface area (Å²) in [7, 11) is 0. The maximum absolute atomic E-state index is 12.8. The van der Waals surface area contributed by atoms with Crippen molar-refractivity contribution in [2.45, 2.75) is 63.7 Å². The summed E-state index contributed by atoms with van der Waals surface area (Å²) in [6, 6.07) is 6.93. The third kappa shape index (κ3) is 1.73. The smallest absolute Gasteiger partial charge is 0.144 e.